The van der Waals surface area contributed by atoms with E-state index in [1.807, 2.05) is 18.2 Å². The first-order chi connectivity index (χ1) is 18.9. The number of benzene rings is 2. The van der Waals surface area contributed by atoms with Crippen molar-refractivity contribution in [3.05, 3.63) is 76.2 Å². The Kier molecular flexibility index (Phi) is 7.44. The van der Waals surface area contributed by atoms with Crippen LogP contribution in [-0.4, -0.2) is 55.8 Å². The molecular weight excluding hydrogens is 500 g/mol. The van der Waals surface area contributed by atoms with Crippen molar-refractivity contribution >= 4 is 23.3 Å². The van der Waals surface area contributed by atoms with E-state index in [1.54, 1.807) is 67.2 Å². The molecule has 3 heterocycles. The van der Waals surface area contributed by atoms with Crippen LogP contribution in [0.4, 0.5) is 16.2 Å². The monoisotopic (exact) mass is 532 g/mol. The quantitative estimate of drug-likeness (QED) is 0.480. The van der Waals surface area contributed by atoms with Crippen LogP contribution < -0.4 is 30.4 Å². The van der Waals surface area contributed by atoms with Crippen LogP contribution >= 0.6 is 0 Å². The molecule has 5 rings (SSSR count). The van der Waals surface area contributed by atoms with Gasteiger partial charge in [-0.15, -0.1) is 0 Å². The molecule has 0 saturated carbocycles. The van der Waals surface area contributed by atoms with Gasteiger partial charge >= 0.3 is 6.03 Å². The van der Waals surface area contributed by atoms with E-state index in [0.717, 1.165) is 17.7 Å². The lowest BCUT2D eigenvalue weighted by Crippen LogP contribution is -2.50. The van der Waals surface area contributed by atoms with E-state index < -0.39 is 0 Å². The van der Waals surface area contributed by atoms with E-state index in [-0.39, 0.29) is 41.4 Å². The second-order valence-electron chi connectivity index (χ2n) is 9.90. The maximum atomic E-state index is 13.3. The number of aromatic nitrogens is 1. The lowest BCUT2D eigenvalue weighted by Gasteiger charge is -2.42. The molecule has 39 heavy (non-hydrogen) atoms. The van der Waals surface area contributed by atoms with Crippen LogP contribution in [0.2, 0.25) is 0 Å². The van der Waals surface area contributed by atoms with Gasteiger partial charge in [-0.1, -0.05) is 12.1 Å². The number of pyridine rings is 1. The molecular formula is C29H32N4O6. The summed E-state index contributed by atoms with van der Waals surface area (Å²) < 4.78 is 17.5. The van der Waals surface area contributed by atoms with Crippen LogP contribution in [0, 0.1) is 5.92 Å². The fraction of sp³-hybridized carbons (Fsp3) is 0.345. The number of ether oxygens (including phenoxy) is 3. The number of nitrogens with zero attached hydrogens (tertiary/aromatic N) is 2. The van der Waals surface area contributed by atoms with Gasteiger partial charge in [0.2, 0.25) is 5.91 Å². The number of likely N-dealkylation sites (tertiary alicyclic amines) is 1. The number of rotatable bonds is 7. The summed E-state index contributed by atoms with van der Waals surface area (Å²) in [6.45, 7) is 1.51. The van der Waals surface area contributed by atoms with E-state index in [1.165, 1.54) is 0 Å². The summed E-state index contributed by atoms with van der Waals surface area (Å²) in [7, 11) is 4.71. The van der Waals surface area contributed by atoms with Crippen molar-refractivity contribution in [2.24, 2.45) is 5.92 Å². The number of methoxy groups -OCH3 is 3. The minimum Gasteiger partial charge on any atom is -0.497 e. The molecule has 10 heteroatoms. The smallest absolute Gasteiger partial charge is 0.321 e. The highest BCUT2D eigenvalue weighted by atomic mass is 16.5. The molecule has 204 valence electrons. The van der Waals surface area contributed by atoms with Crippen LogP contribution in [-0.2, 0) is 17.8 Å². The predicted molar refractivity (Wildman–Crippen MR) is 147 cm³/mol. The number of piperidine rings is 1. The fourth-order valence-corrected chi connectivity index (χ4v) is 5.41. The number of nitrogens with one attached hydrogen (secondary N) is 2. The van der Waals surface area contributed by atoms with E-state index in [2.05, 4.69) is 10.6 Å². The zero-order valence-corrected chi connectivity index (χ0v) is 22.2. The zero-order valence-electron chi connectivity index (χ0n) is 22.2. The third kappa shape index (κ3) is 5.69. The minimum absolute atomic E-state index is 0.0276. The Balaban J connectivity index is 1.27. The third-order valence-electron chi connectivity index (χ3n) is 7.29. The van der Waals surface area contributed by atoms with Crippen molar-refractivity contribution in [3.8, 4) is 17.2 Å². The average Bonchev–Trinajstić information content (AvgIpc) is 2.94. The molecule has 10 nitrogen and oxygen atoms in total. The second-order valence-corrected chi connectivity index (χ2v) is 9.90. The van der Waals surface area contributed by atoms with Crippen LogP contribution in [0.1, 0.15) is 23.6 Å². The highest BCUT2D eigenvalue weighted by Gasteiger charge is 2.37. The van der Waals surface area contributed by atoms with Gasteiger partial charge in [-0.3, -0.25) is 9.59 Å². The fourth-order valence-electron chi connectivity index (χ4n) is 5.41. The first kappa shape index (κ1) is 26.1. The molecule has 3 amide bonds. The topological polar surface area (TPSA) is 111 Å². The Bertz CT molecular complexity index is 1410. The lowest BCUT2D eigenvalue weighted by atomic mass is 9.83. The first-order valence-corrected chi connectivity index (χ1v) is 12.8. The summed E-state index contributed by atoms with van der Waals surface area (Å²) >= 11 is 0. The number of hydrogen-bond acceptors (Lipinski definition) is 6. The normalized spacial score (nSPS) is 17.6. The standard InChI is InChI=1S/C29H32N4O6/c1-37-22-6-4-18(5-7-22)11-27(34)31-25-8-9-26-20-10-19(16-33(26)28(25)35)15-32(17-20)29(36)30-21-12-23(38-2)14-24(13-21)39-3/h4-9,12-14,19-20H,10-11,15-17H2,1-3H3,(H,30,36)(H,31,34)/t19-,20+/m0/s1. The largest absolute Gasteiger partial charge is 0.497 e. The maximum Gasteiger partial charge on any atom is 0.321 e. The van der Waals surface area contributed by atoms with Gasteiger partial charge in [-0.05, 0) is 42.2 Å². The highest BCUT2D eigenvalue weighted by molar-refractivity contribution is 5.92. The number of urea groups is 1. The van der Waals surface area contributed by atoms with Gasteiger partial charge in [0, 0.05) is 55.1 Å². The Morgan fingerprint density at radius 3 is 2.21 bits per heavy atom. The van der Waals surface area contributed by atoms with Gasteiger partial charge in [0.15, 0.2) is 0 Å². The minimum atomic E-state index is -0.258. The molecule has 1 aromatic heterocycles. The third-order valence-corrected chi connectivity index (χ3v) is 7.29. The second kappa shape index (κ2) is 11.1. The van der Waals surface area contributed by atoms with Crippen LogP contribution in [0.3, 0.4) is 0 Å². The van der Waals surface area contributed by atoms with Gasteiger partial charge in [0.1, 0.15) is 22.9 Å². The number of fused-ring (bicyclic) bond motifs is 4. The van der Waals surface area contributed by atoms with Gasteiger partial charge in [-0.25, -0.2) is 4.79 Å². The number of carbonyl (C=O) groups is 2. The lowest BCUT2D eigenvalue weighted by molar-refractivity contribution is -0.115. The molecule has 2 bridgehead atoms. The van der Waals surface area contributed by atoms with Gasteiger partial charge < -0.3 is 34.3 Å². The van der Waals surface area contributed by atoms with Crippen molar-refractivity contribution in [2.45, 2.75) is 25.3 Å². The van der Waals surface area contributed by atoms with Crippen molar-refractivity contribution in [3.63, 3.8) is 0 Å². The van der Waals surface area contributed by atoms with Gasteiger partial charge in [0.05, 0.1) is 27.8 Å². The zero-order chi connectivity index (χ0) is 27.5. The van der Waals surface area contributed by atoms with E-state index in [0.29, 0.717) is 42.6 Å². The molecule has 2 aliphatic rings. The van der Waals surface area contributed by atoms with Crippen molar-refractivity contribution in [1.82, 2.24) is 9.47 Å². The molecule has 2 aliphatic heterocycles. The van der Waals surface area contributed by atoms with Crippen molar-refractivity contribution in [1.29, 1.82) is 0 Å². The molecule has 0 aliphatic carbocycles. The number of amides is 3. The highest BCUT2D eigenvalue weighted by Crippen LogP contribution is 2.36. The summed E-state index contributed by atoms with van der Waals surface area (Å²) in [5.74, 6) is 1.78. The molecule has 2 N–H and O–H groups in total. The maximum absolute atomic E-state index is 13.3. The Morgan fingerprint density at radius 1 is 0.846 bits per heavy atom. The molecule has 0 unspecified atom stereocenters. The summed E-state index contributed by atoms with van der Waals surface area (Å²) in [4.78, 5) is 40.9. The Hall–Kier alpha value is -4.47. The number of carbonyl (C=O) groups excluding carboxylic acids is 2. The number of hydrogen-bond donors (Lipinski definition) is 2. The summed E-state index contributed by atoms with van der Waals surface area (Å²) in [5, 5.41) is 5.72. The van der Waals surface area contributed by atoms with Gasteiger partial charge in [0.25, 0.3) is 5.56 Å². The molecule has 0 spiro atoms. The van der Waals surface area contributed by atoms with Crippen molar-refractivity contribution < 1.29 is 23.8 Å². The molecule has 3 aromatic rings. The molecule has 2 atom stereocenters. The van der Waals surface area contributed by atoms with Crippen molar-refractivity contribution in [2.75, 3.05) is 45.1 Å². The van der Waals surface area contributed by atoms with E-state index >= 15 is 0 Å². The van der Waals surface area contributed by atoms with E-state index in [9.17, 15) is 14.4 Å². The first-order valence-electron chi connectivity index (χ1n) is 12.8. The van der Waals surface area contributed by atoms with Gasteiger partial charge in [-0.2, -0.15) is 0 Å². The van der Waals surface area contributed by atoms with E-state index in [4.69, 9.17) is 14.2 Å². The Labute approximate surface area is 226 Å². The Morgan fingerprint density at radius 2 is 1.54 bits per heavy atom. The molecule has 1 fully saturated rings. The molecule has 1 saturated heterocycles. The summed E-state index contributed by atoms with van der Waals surface area (Å²) in [5.41, 5.74) is 2.33. The SMILES string of the molecule is COc1ccc(CC(=O)Nc2ccc3n(c2=O)C[C@H]2C[C@@H]3CN(C(=O)Nc3cc(OC)cc(OC)c3)C2)cc1. The average molecular weight is 533 g/mol. The predicted octanol–water partition coefficient (Wildman–Crippen LogP) is 3.71. The summed E-state index contributed by atoms with van der Waals surface area (Å²) in [6, 6.07) is 15.8. The molecule has 2 aromatic carbocycles. The summed E-state index contributed by atoms with van der Waals surface area (Å²) in [6.07, 6.45) is 1.05. The van der Waals surface area contributed by atoms with Crippen LogP contribution in [0.15, 0.2) is 59.4 Å². The number of anilines is 2. The molecule has 0 radical (unpaired) electrons. The van der Waals surface area contributed by atoms with Crippen LogP contribution in [0.5, 0.6) is 17.2 Å². The van der Waals surface area contributed by atoms with Crippen LogP contribution in [0.25, 0.3) is 0 Å².